The SMILES string of the molecule is C[C@@H](OC(=O)CNC(=O)C1CCCCC1)C(N)=O. The summed E-state index contributed by atoms with van der Waals surface area (Å²) in [4.78, 5) is 33.7. The molecule has 0 saturated heterocycles. The Morgan fingerprint density at radius 2 is 1.89 bits per heavy atom. The van der Waals surface area contributed by atoms with Gasteiger partial charge in [-0.2, -0.15) is 0 Å². The van der Waals surface area contributed by atoms with E-state index >= 15 is 0 Å². The van der Waals surface area contributed by atoms with Crippen LogP contribution in [0.4, 0.5) is 0 Å². The molecule has 1 atom stereocenters. The van der Waals surface area contributed by atoms with Gasteiger partial charge in [0.25, 0.3) is 5.91 Å². The van der Waals surface area contributed by atoms with Crippen LogP contribution in [0.5, 0.6) is 0 Å². The minimum Gasteiger partial charge on any atom is -0.451 e. The molecular formula is C12H20N2O4. The van der Waals surface area contributed by atoms with Crippen molar-refractivity contribution in [3.63, 3.8) is 0 Å². The molecule has 6 heteroatoms. The standard InChI is InChI=1S/C12H20N2O4/c1-8(11(13)16)18-10(15)7-14-12(17)9-5-3-2-4-6-9/h8-9H,2-7H2,1H3,(H2,13,16)(H,14,17)/t8-/m1/s1. The summed E-state index contributed by atoms with van der Waals surface area (Å²) in [7, 11) is 0. The second kappa shape index (κ2) is 6.98. The van der Waals surface area contributed by atoms with Crippen LogP contribution in [0.15, 0.2) is 0 Å². The van der Waals surface area contributed by atoms with E-state index in [4.69, 9.17) is 10.5 Å². The molecule has 1 aliphatic rings. The molecule has 1 saturated carbocycles. The smallest absolute Gasteiger partial charge is 0.326 e. The molecule has 6 nitrogen and oxygen atoms in total. The first kappa shape index (κ1) is 14.5. The average molecular weight is 256 g/mol. The van der Waals surface area contributed by atoms with Crippen molar-refractivity contribution in [2.45, 2.75) is 45.1 Å². The van der Waals surface area contributed by atoms with Crippen molar-refractivity contribution >= 4 is 17.8 Å². The van der Waals surface area contributed by atoms with E-state index in [0.29, 0.717) is 0 Å². The summed E-state index contributed by atoms with van der Waals surface area (Å²) in [6.45, 7) is 1.18. The number of hydrogen-bond acceptors (Lipinski definition) is 4. The topological polar surface area (TPSA) is 98.5 Å². The molecule has 102 valence electrons. The van der Waals surface area contributed by atoms with Crippen LogP contribution in [0.2, 0.25) is 0 Å². The van der Waals surface area contributed by atoms with Crippen LogP contribution in [0.1, 0.15) is 39.0 Å². The van der Waals surface area contributed by atoms with Crippen molar-refractivity contribution in [1.82, 2.24) is 5.32 Å². The zero-order valence-corrected chi connectivity index (χ0v) is 10.6. The van der Waals surface area contributed by atoms with E-state index < -0.39 is 18.0 Å². The predicted molar refractivity (Wildman–Crippen MR) is 64.3 cm³/mol. The maximum atomic E-state index is 11.7. The summed E-state index contributed by atoms with van der Waals surface area (Å²) in [6.07, 6.45) is 4.06. The third-order valence-electron chi connectivity index (χ3n) is 3.09. The van der Waals surface area contributed by atoms with Gasteiger partial charge >= 0.3 is 5.97 Å². The quantitative estimate of drug-likeness (QED) is 0.681. The zero-order valence-electron chi connectivity index (χ0n) is 10.6. The summed E-state index contributed by atoms with van der Waals surface area (Å²) < 4.78 is 4.72. The predicted octanol–water partition coefficient (Wildman–Crippen LogP) is 0.0999. The molecule has 0 aromatic rings. The van der Waals surface area contributed by atoms with Crippen molar-refractivity contribution in [1.29, 1.82) is 0 Å². The van der Waals surface area contributed by atoms with E-state index in [0.717, 1.165) is 25.7 Å². The van der Waals surface area contributed by atoms with Gasteiger partial charge in [-0.25, -0.2) is 0 Å². The highest BCUT2D eigenvalue weighted by atomic mass is 16.5. The number of primary amides is 1. The molecule has 3 N–H and O–H groups in total. The molecule has 0 unspecified atom stereocenters. The zero-order chi connectivity index (χ0) is 13.5. The fraction of sp³-hybridized carbons (Fsp3) is 0.750. The van der Waals surface area contributed by atoms with E-state index in [1.165, 1.54) is 13.3 Å². The lowest BCUT2D eigenvalue weighted by Crippen LogP contribution is -2.38. The second-order valence-electron chi connectivity index (χ2n) is 4.59. The minimum atomic E-state index is -0.968. The first-order chi connectivity index (χ1) is 8.50. The van der Waals surface area contributed by atoms with E-state index in [9.17, 15) is 14.4 Å². The van der Waals surface area contributed by atoms with Crippen LogP contribution < -0.4 is 11.1 Å². The van der Waals surface area contributed by atoms with Crippen molar-refractivity contribution in [2.75, 3.05) is 6.54 Å². The van der Waals surface area contributed by atoms with Gasteiger partial charge in [-0.1, -0.05) is 19.3 Å². The number of ether oxygens (including phenoxy) is 1. The largest absolute Gasteiger partial charge is 0.451 e. The van der Waals surface area contributed by atoms with Gasteiger partial charge < -0.3 is 15.8 Å². The second-order valence-corrected chi connectivity index (χ2v) is 4.59. The van der Waals surface area contributed by atoms with Crippen molar-refractivity contribution in [2.24, 2.45) is 11.7 Å². The first-order valence-corrected chi connectivity index (χ1v) is 6.27. The Labute approximate surface area is 106 Å². The highest BCUT2D eigenvalue weighted by molar-refractivity contribution is 5.85. The molecule has 18 heavy (non-hydrogen) atoms. The third-order valence-corrected chi connectivity index (χ3v) is 3.09. The van der Waals surface area contributed by atoms with Crippen LogP contribution in [-0.4, -0.2) is 30.4 Å². The molecular weight excluding hydrogens is 236 g/mol. The van der Waals surface area contributed by atoms with Gasteiger partial charge in [-0.15, -0.1) is 0 Å². The van der Waals surface area contributed by atoms with Crippen molar-refractivity contribution in [3.05, 3.63) is 0 Å². The minimum absolute atomic E-state index is 0.000105. The van der Waals surface area contributed by atoms with Crippen LogP contribution in [0.3, 0.4) is 0 Å². The summed E-state index contributed by atoms with van der Waals surface area (Å²) in [6, 6.07) is 0. The number of carbonyl (C=O) groups excluding carboxylic acids is 3. The van der Waals surface area contributed by atoms with Crippen LogP contribution >= 0.6 is 0 Å². The summed E-state index contributed by atoms with van der Waals surface area (Å²) in [5, 5.41) is 2.53. The fourth-order valence-corrected chi connectivity index (χ4v) is 1.97. The van der Waals surface area contributed by atoms with Gasteiger partial charge in [0.1, 0.15) is 6.54 Å². The molecule has 1 fully saturated rings. The lowest BCUT2D eigenvalue weighted by atomic mass is 9.89. The van der Waals surface area contributed by atoms with Crippen LogP contribution in [0.25, 0.3) is 0 Å². The van der Waals surface area contributed by atoms with Gasteiger partial charge in [-0.3, -0.25) is 14.4 Å². The maximum Gasteiger partial charge on any atom is 0.326 e. The lowest BCUT2D eigenvalue weighted by Gasteiger charge is -2.20. The number of hydrogen-bond donors (Lipinski definition) is 2. The number of nitrogens with one attached hydrogen (secondary N) is 1. The van der Waals surface area contributed by atoms with Crippen LogP contribution in [0, 0.1) is 5.92 Å². The Bertz CT molecular complexity index is 324. The Kier molecular flexibility index (Phi) is 5.61. The Morgan fingerprint density at radius 3 is 2.44 bits per heavy atom. The molecule has 0 spiro atoms. The first-order valence-electron chi connectivity index (χ1n) is 6.27. The Hall–Kier alpha value is -1.59. The van der Waals surface area contributed by atoms with Crippen molar-refractivity contribution in [3.8, 4) is 0 Å². The summed E-state index contributed by atoms with van der Waals surface area (Å²) in [5.74, 6) is -1.47. The Morgan fingerprint density at radius 1 is 1.28 bits per heavy atom. The average Bonchev–Trinajstić information content (AvgIpc) is 2.36. The van der Waals surface area contributed by atoms with E-state index in [-0.39, 0.29) is 18.4 Å². The van der Waals surface area contributed by atoms with Gasteiger partial charge in [0.15, 0.2) is 6.10 Å². The van der Waals surface area contributed by atoms with Gasteiger partial charge in [-0.05, 0) is 19.8 Å². The van der Waals surface area contributed by atoms with Gasteiger partial charge in [0.2, 0.25) is 5.91 Å². The molecule has 0 aliphatic heterocycles. The van der Waals surface area contributed by atoms with E-state index in [1.54, 1.807) is 0 Å². The molecule has 0 bridgehead atoms. The number of carbonyl (C=O) groups is 3. The summed E-state index contributed by atoms with van der Waals surface area (Å²) >= 11 is 0. The maximum absolute atomic E-state index is 11.7. The Balaban J connectivity index is 2.25. The van der Waals surface area contributed by atoms with E-state index in [1.807, 2.05) is 0 Å². The van der Waals surface area contributed by atoms with Gasteiger partial charge in [0, 0.05) is 5.92 Å². The summed E-state index contributed by atoms with van der Waals surface area (Å²) in [5.41, 5.74) is 4.95. The molecule has 2 amide bonds. The molecule has 0 aromatic heterocycles. The van der Waals surface area contributed by atoms with Crippen molar-refractivity contribution < 1.29 is 19.1 Å². The highest BCUT2D eigenvalue weighted by Gasteiger charge is 2.22. The molecule has 0 heterocycles. The number of rotatable bonds is 5. The lowest BCUT2D eigenvalue weighted by molar-refractivity contribution is -0.153. The van der Waals surface area contributed by atoms with E-state index in [2.05, 4.69) is 5.32 Å². The molecule has 0 radical (unpaired) electrons. The third kappa shape index (κ3) is 4.73. The number of esters is 1. The highest BCUT2D eigenvalue weighted by Crippen LogP contribution is 2.23. The molecule has 1 aliphatic carbocycles. The van der Waals surface area contributed by atoms with Gasteiger partial charge in [0.05, 0.1) is 0 Å². The monoisotopic (exact) mass is 256 g/mol. The fourth-order valence-electron chi connectivity index (χ4n) is 1.97. The van der Waals surface area contributed by atoms with Crippen LogP contribution in [-0.2, 0) is 19.1 Å². The molecule has 0 aromatic carbocycles. The number of nitrogens with two attached hydrogens (primary N) is 1. The number of amides is 2. The molecule has 1 rings (SSSR count). The normalized spacial score (nSPS) is 17.8.